The average Bonchev–Trinajstić information content (AvgIpc) is 2.87. The second-order valence-electron chi connectivity index (χ2n) is 4.39. The Labute approximate surface area is 110 Å². The van der Waals surface area contributed by atoms with Gasteiger partial charge in [-0.3, -0.25) is 4.98 Å². The van der Waals surface area contributed by atoms with Gasteiger partial charge >= 0.3 is 0 Å². The van der Waals surface area contributed by atoms with Gasteiger partial charge in [0, 0.05) is 33.6 Å². The number of nitrogens with two attached hydrogens (primary N) is 1. The smallest absolute Gasteiger partial charge is 0.0361 e. The zero-order valence-corrected chi connectivity index (χ0v) is 10.9. The van der Waals surface area contributed by atoms with Crippen molar-refractivity contribution < 1.29 is 0 Å². The molecule has 90 valence electrons. The summed E-state index contributed by atoms with van der Waals surface area (Å²) in [5, 5.41) is 2.41. The summed E-state index contributed by atoms with van der Waals surface area (Å²) in [6.07, 6.45) is 3.74. The Morgan fingerprint density at radius 3 is 2.83 bits per heavy atom. The van der Waals surface area contributed by atoms with E-state index in [0.717, 1.165) is 0 Å². The fourth-order valence-electron chi connectivity index (χ4n) is 2.08. The summed E-state index contributed by atoms with van der Waals surface area (Å²) in [4.78, 5) is 6.65. The van der Waals surface area contributed by atoms with Crippen LogP contribution in [0.15, 0.2) is 48.8 Å². The Morgan fingerprint density at radius 2 is 2.06 bits per heavy atom. The Balaban J connectivity index is 2.18. The highest BCUT2D eigenvalue weighted by molar-refractivity contribution is 7.15. The third-order valence-electron chi connectivity index (χ3n) is 3.02. The van der Waals surface area contributed by atoms with Gasteiger partial charge in [-0.15, -0.1) is 11.3 Å². The summed E-state index contributed by atoms with van der Waals surface area (Å²) in [5.74, 6) is 0. The van der Waals surface area contributed by atoms with Crippen molar-refractivity contribution in [2.45, 2.75) is 13.0 Å². The van der Waals surface area contributed by atoms with E-state index in [0.29, 0.717) is 0 Å². The van der Waals surface area contributed by atoms with Crippen LogP contribution in [0.3, 0.4) is 0 Å². The Morgan fingerprint density at radius 1 is 1.17 bits per heavy atom. The monoisotopic (exact) mass is 254 g/mol. The van der Waals surface area contributed by atoms with E-state index in [1.807, 2.05) is 19.3 Å². The van der Waals surface area contributed by atoms with Crippen molar-refractivity contribution in [3.8, 4) is 10.4 Å². The molecule has 3 heteroatoms. The lowest BCUT2D eigenvalue weighted by Crippen LogP contribution is -2.01. The van der Waals surface area contributed by atoms with Gasteiger partial charge in [-0.1, -0.05) is 18.2 Å². The van der Waals surface area contributed by atoms with Crippen LogP contribution in [-0.2, 0) is 0 Å². The fraction of sp³-hybridized carbons (Fsp3) is 0.133. The summed E-state index contributed by atoms with van der Waals surface area (Å²) in [5.41, 5.74) is 7.17. The molecule has 0 aliphatic rings. The number of nitrogens with zero attached hydrogens (tertiary/aromatic N) is 1. The standard InChI is InChI=1S/C15H14N2S/c1-10(16)14-5-6-15(18-14)13-4-2-3-11-9-17-8-7-12(11)13/h2-10H,16H2,1H3. The van der Waals surface area contributed by atoms with Gasteiger partial charge in [0.15, 0.2) is 0 Å². The van der Waals surface area contributed by atoms with E-state index in [1.165, 1.54) is 26.1 Å². The number of benzene rings is 1. The van der Waals surface area contributed by atoms with E-state index in [-0.39, 0.29) is 6.04 Å². The molecule has 1 aromatic carbocycles. The minimum absolute atomic E-state index is 0.0976. The van der Waals surface area contributed by atoms with Gasteiger partial charge < -0.3 is 5.73 Å². The van der Waals surface area contributed by atoms with Gasteiger partial charge in [0.25, 0.3) is 0 Å². The molecule has 0 aliphatic heterocycles. The van der Waals surface area contributed by atoms with Crippen LogP contribution >= 0.6 is 11.3 Å². The molecule has 2 heterocycles. The molecule has 0 saturated heterocycles. The lowest BCUT2D eigenvalue weighted by Gasteiger charge is -2.04. The molecule has 1 unspecified atom stereocenters. The lowest BCUT2D eigenvalue weighted by atomic mass is 10.1. The number of hydrogen-bond acceptors (Lipinski definition) is 3. The Hall–Kier alpha value is -1.71. The maximum absolute atomic E-state index is 5.92. The molecule has 3 aromatic rings. The maximum Gasteiger partial charge on any atom is 0.0361 e. The number of thiophene rings is 1. The van der Waals surface area contributed by atoms with Crippen LogP contribution < -0.4 is 5.73 Å². The highest BCUT2D eigenvalue weighted by Gasteiger charge is 2.08. The predicted molar refractivity (Wildman–Crippen MR) is 77.7 cm³/mol. The van der Waals surface area contributed by atoms with Crippen molar-refractivity contribution in [1.82, 2.24) is 4.98 Å². The largest absolute Gasteiger partial charge is 0.324 e. The summed E-state index contributed by atoms with van der Waals surface area (Å²) >= 11 is 1.76. The van der Waals surface area contributed by atoms with Crippen molar-refractivity contribution >= 4 is 22.1 Å². The lowest BCUT2D eigenvalue weighted by molar-refractivity contribution is 0.838. The molecule has 2 aromatic heterocycles. The maximum atomic E-state index is 5.92. The van der Waals surface area contributed by atoms with E-state index in [4.69, 9.17) is 5.73 Å². The fourth-order valence-corrected chi connectivity index (χ4v) is 3.08. The van der Waals surface area contributed by atoms with Gasteiger partial charge in [0.05, 0.1) is 0 Å². The van der Waals surface area contributed by atoms with E-state index < -0.39 is 0 Å². The number of pyridine rings is 1. The molecule has 2 N–H and O–H groups in total. The zero-order valence-electron chi connectivity index (χ0n) is 10.1. The quantitative estimate of drug-likeness (QED) is 0.751. The minimum atomic E-state index is 0.0976. The summed E-state index contributed by atoms with van der Waals surface area (Å²) in [6.45, 7) is 2.02. The first-order valence-corrected chi connectivity index (χ1v) is 6.76. The highest BCUT2D eigenvalue weighted by atomic mass is 32.1. The Kier molecular flexibility index (Phi) is 2.86. The van der Waals surface area contributed by atoms with Crippen LogP contribution in [0.5, 0.6) is 0 Å². The first-order valence-electron chi connectivity index (χ1n) is 5.94. The van der Waals surface area contributed by atoms with Crippen molar-refractivity contribution in [3.05, 3.63) is 53.7 Å². The van der Waals surface area contributed by atoms with Crippen LogP contribution in [0, 0.1) is 0 Å². The second-order valence-corrected chi connectivity index (χ2v) is 5.51. The number of aromatic nitrogens is 1. The molecule has 2 nitrogen and oxygen atoms in total. The van der Waals surface area contributed by atoms with E-state index in [9.17, 15) is 0 Å². The van der Waals surface area contributed by atoms with Gasteiger partial charge in [-0.25, -0.2) is 0 Å². The molecule has 18 heavy (non-hydrogen) atoms. The molecule has 0 amide bonds. The van der Waals surface area contributed by atoms with Crippen LogP contribution in [0.4, 0.5) is 0 Å². The topological polar surface area (TPSA) is 38.9 Å². The highest BCUT2D eigenvalue weighted by Crippen LogP contribution is 2.34. The molecule has 1 atom stereocenters. The van der Waals surface area contributed by atoms with Crippen LogP contribution in [-0.4, -0.2) is 4.98 Å². The third kappa shape index (κ3) is 1.92. The SMILES string of the molecule is CC(N)c1ccc(-c2cccc3cnccc23)s1. The minimum Gasteiger partial charge on any atom is -0.324 e. The molecule has 0 fully saturated rings. The van der Waals surface area contributed by atoms with Crippen molar-refractivity contribution in [3.63, 3.8) is 0 Å². The average molecular weight is 254 g/mol. The third-order valence-corrected chi connectivity index (χ3v) is 4.34. The molecule has 0 spiro atoms. The number of hydrogen-bond donors (Lipinski definition) is 1. The number of rotatable bonds is 2. The summed E-state index contributed by atoms with van der Waals surface area (Å²) in [6, 6.07) is 12.7. The first kappa shape index (κ1) is 11.4. The van der Waals surface area contributed by atoms with E-state index >= 15 is 0 Å². The van der Waals surface area contributed by atoms with E-state index in [2.05, 4.69) is 41.4 Å². The molecule has 0 radical (unpaired) electrons. The molecule has 3 rings (SSSR count). The summed E-state index contributed by atoms with van der Waals surface area (Å²) in [7, 11) is 0. The molecule has 0 bridgehead atoms. The Bertz CT molecular complexity index is 680. The molecular weight excluding hydrogens is 240 g/mol. The first-order chi connectivity index (χ1) is 8.75. The number of fused-ring (bicyclic) bond motifs is 1. The molecular formula is C15H14N2S. The van der Waals surface area contributed by atoms with E-state index in [1.54, 1.807) is 11.3 Å². The predicted octanol–water partition coefficient (Wildman–Crippen LogP) is 3.98. The van der Waals surface area contributed by atoms with Gasteiger partial charge in [-0.05, 0) is 36.1 Å². The van der Waals surface area contributed by atoms with Crippen LogP contribution in [0.25, 0.3) is 21.2 Å². The normalized spacial score (nSPS) is 12.8. The van der Waals surface area contributed by atoms with Crippen LogP contribution in [0.1, 0.15) is 17.8 Å². The van der Waals surface area contributed by atoms with Crippen molar-refractivity contribution in [2.24, 2.45) is 5.73 Å². The zero-order chi connectivity index (χ0) is 12.5. The van der Waals surface area contributed by atoms with Gasteiger partial charge in [0.2, 0.25) is 0 Å². The van der Waals surface area contributed by atoms with Gasteiger partial charge in [0.1, 0.15) is 0 Å². The second kappa shape index (κ2) is 4.52. The summed E-state index contributed by atoms with van der Waals surface area (Å²) < 4.78 is 0. The van der Waals surface area contributed by atoms with Gasteiger partial charge in [-0.2, -0.15) is 0 Å². The molecule has 0 saturated carbocycles. The van der Waals surface area contributed by atoms with Crippen molar-refractivity contribution in [2.75, 3.05) is 0 Å². The molecule has 0 aliphatic carbocycles. The van der Waals surface area contributed by atoms with Crippen LogP contribution in [0.2, 0.25) is 0 Å². The van der Waals surface area contributed by atoms with Crippen molar-refractivity contribution in [1.29, 1.82) is 0 Å².